The van der Waals surface area contributed by atoms with Crippen LogP contribution in [0.3, 0.4) is 0 Å². The van der Waals surface area contributed by atoms with Crippen molar-refractivity contribution in [2.45, 2.75) is 20.8 Å². The third-order valence-electron chi connectivity index (χ3n) is 2.03. The van der Waals surface area contributed by atoms with Gasteiger partial charge in [0.15, 0.2) is 0 Å². The summed E-state index contributed by atoms with van der Waals surface area (Å²) in [5.74, 6) is -0.752. The van der Waals surface area contributed by atoms with Gasteiger partial charge in [0.25, 0.3) is 0 Å². The number of esters is 1. The normalized spacial score (nSPS) is 8.55. The second kappa shape index (κ2) is 13.3. The van der Waals surface area contributed by atoms with Crippen LogP contribution in [0.1, 0.15) is 22.2 Å². The molecule has 0 bridgehead atoms. The lowest BCUT2D eigenvalue weighted by Crippen LogP contribution is -2.35. The predicted molar refractivity (Wildman–Crippen MR) is 80.1 cm³/mol. The second-order valence-corrected chi connectivity index (χ2v) is 3.46. The molecule has 0 aliphatic carbocycles. The molecule has 0 saturated heterocycles. The van der Waals surface area contributed by atoms with E-state index in [-0.39, 0.29) is 25.8 Å². The number of carbonyl (C=O) groups is 3. The number of hydrogen-bond acceptors (Lipinski definition) is 4. The minimum Gasteiger partial charge on any atom is -0.465 e. The summed E-state index contributed by atoms with van der Waals surface area (Å²) in [6.45, 7) is 13.5. The summed E-state index contributed by atoms with van der Waals surface area (Å²) in [4.78, 5) is 33.6. The van der Waals surface area contributed by atoms with Crippen LogP contribution in [-0.2, 0) is 19.1 Å². The summed E-state index contributed by atoms with van der Waals surface area (Å²) in [5.41, 5.74) is 0. The van der Waals surface area contributed by atoms with E-state index in [1.165, 1.54) is 17.1 Å². The average Bonchev–Trinajstić information content (AvgIpc) is 2.45. The minimum atomic E-state index is -0.389. The van der Waals surface area contributed by atoms with Crippen LogP contribution in [0.15, 0.2) is 25.3 Å². The summed E-state index contributed by atoms with van der Waals surface area (Å²) in [5, 5.41) is 2.54. The first-order chi connectivity index (χ1) is 9.46. The number of nitrogens with zero attached hydrogens (tertiary/aromatic N) is 1. The monoisotopic (exact) mass is 286 g/mol. The fourth-order valence-electron chi connectivity index (χ4n) is 1.08. The van der Waals surface area contributed by atoms with Crippen LogP contribution in [0.5, 0.6) is 0 Å². The first kappa shape index (κ1) is 20.2. The maximum atomic E-state index is 11.1. The zero-order valence-corrected chi connectivity index (χ0v) is 12.5. The van der Waals surface area contributed by atoms with Gasteiger partial charge in [-0.1, -0.05) is 13.2 Å². The molecule has 0 aromatic heterocycles. The van der Waals surface area contributed by atoms with Gasteiger partial charge in [-0.2, -0.15) is 0 Å². The highest BCUT2D eigenvalue weighted by atomic mass is 16.5. The van der Waals surface area contributed by atoms with Crippen molar-refractivity contribution >= 4 is 17.8 Å². The Balaban J connectivity index is -0.000000347. The number of hydrogen-bond donors (Lipinski definition) is 1. The van der Waals surface area contributed by atoms with E-state index >= 15 is 0 Å². The lowest BCUT2D eigenvalue weighted by Gasteiger charge is -2.17. The van der Waals surface area contributed by atoms with Gasteiger partial charge < -0.3 is 15.0 Å². The Kier molecular flexibility index (Phi) is 13.5. The van der Waals surface area contributed by atoms with Crippen LogP contribution in [0.25, 0.3) is 0 Å². The van der Waals surface area contributed by atoms with E-state index in [2.05, 4.69) is 18.5 Å². The molecule has 0 aliphatic rings. The van der Waals surface area contributed by atoms with Crippen LogP contribution in [0, 0.1) is 0 Å². The van der Waals surface area contributed by atoms with E-state index in [0.29, 0.717) is 19.7 Å². The first-order valence-corrected chi connectivity index (χ1v) is 6.43. The molecule has 0 heterocycles. The molecule has 0 fully saturated rings. The number of amides is 2. The van der Waals surface area contributed by atoms with Crippen molar-refractivity contribution in [1.29, 1.82) is 0 Å². The molecular formula is C14H26N2O4. The highest BCUT2D eigenvalue weighted by Gasteiger charge is 2.12. The Morgan fingerprint density at radius 2 is 1.80 bits per heavy atom. The van der Waals surface area contributed by atoms with Gasteiger partial charge in [-0.25, -0.2) is 0 Å². The number of nitrogens with one attached hydrogen (secondary N) is 1. The minimum absolute atomic E-state index is 0. The van der Waals surface area contributed by atoms with E-state index in [9.17, 15) is 14.4 Å². The van der Waals surface area contributed by atoms with Crippen LogP contribution >= 0.6 is 0 Å². The lowest BCUT2D eigenvalue weighted by molar-refractivity contribution is -0.147. The quantitative estimate of drug-likeness (QED) is 0.562. The van der Waals surface area contributed by atoms with Crippen LogP contribution < -0.4 is 5.32 Å². The maximum absolute atomic E-state index is 11.1. The van der Waals surface area contributed by atoms with E-state index < -0.39 is 0 Å². The number of carbonyl (C=O) groups excluding carboxylic acids is 3. The highest BCUT2D eigenvalue weighted by Crippen LogP contribution is 1.92. The lowest BCUT2D eigenvalue weighted by atomic mass is 10.4. The molecule has 0 aliphatic heterocycles. The SMILES string of the molecule is C=CC(=O)N(CC)CC(=O)OCC.C=CC(=O)NCC.[HH]. The molecule has 0 saturated carbocycles. The van der Waals surface area contributed by atoms with Crippen molar-refractivity contribution in [3.05, 3.63) is 25.3 Å². The Bertz CT molecular complexity index is 346. The fraction of sp³-hybridized carbons (Fsp3) is 0.500. The Morgan fingerprint density at radius 1 is 1.20 bits per heavy atom. The molecule has 0 unspecified atom stereocenters. The van der Waals surface area contributed by atoms with Crippen molar-refractivity contribution in [2.75, 3.05) is 26.2 Å². The summed E-state index contributed by atoms with van der Waals surface area (Å²) in [6.07, 6.45) is 2.44. The predicted octanol–water partition coefficient (Wildman–Crippen LogP) is 1.14. The van der Waals surface area contributed by atoms with Crippen molar-refractivity contribution in [2.24, 2.45) is 0 Å². The van der Waals surface area contributed by atoms with Gasteiger partial charge in [0.05, 0.1) is 6.61 Å². The van der Waals surface area contributed by atoms with Crippen molar-refractivity contribution < 1.29 is 20.5 Å². The third kappa shape index (κ3) is 11.0. The van der Waals surface area contributed by atoms with Gasteiger partial charge in [0.2, 0.25) is 11.8 Å². The molecule has 0 rings (SSSR count). The fourth-order valence-corrected chi connectivity index (χ4v) is 1.08. The molecule has 2 amide bonds. The van der Waals surface area contributed by atoms with Gasteiger partial charge >= 0.3 is 5.97 Å². The molecular weight excluding hydrogens is 260 g/mol. The van der Waals surface area contributed by atoms with Gasteiger partial charge in [-0.15, -0.1) is 0 Å². The van der Waals surface area contributed by atoms with E-state index in [1.807, 2.05) is 6.92 Å². The second-order valence-electron chi connectivity index (χ2n) is 3.46. The van der Waals surface area contributed by atoms with Gasteiger partial charge in [-0.05, 0) is 32.9 Å². The molecule has 6 heteroatoms. The van der Waals surface area contributed by atoms with Crippen LogP contribution in [-0.4, -0.2) is 48.9 Å². The van der Waals surface area contributed by atoms with Gasteiger partial charge in [0, 0.05) is 14.5 Å². The summed E-state index contributed by atoms with van der Waals surface area (Å²) < 4.78 is 4.70. The molecule has 6 nitrogen and oxygen atoms in total. The van der Waals surface area contributed by atoms with Gasteiger partial charge in [0.1, 0.15) is 6.54 Å². The Hall–Kier alpha value is -2.11. The maximum Gasteiger partial charge on any atom is 0.325 e. The average molecular weight is 286 g/mol. The molecule has 0 atom stereocenters. The zero-order valence-electron chi connectivity index (χ0n) is 12.5. The standard InChI is InChI=1S/C9H15NO3.C5H9NO.H2/c1-4-8(11)10(5-2)7-9(12)13-6-3;1-3-5(7)6-4-2;/h4H,1,5-7H2,2-3H3;3H,1,4H2,2H3,(H,6,7);1H. The van der Waals surface area contributed by atoms with Crippen LogP contribution in [0.4, 0.5) is 0 Å². The molecule has 0 aromatic carbocycles. The van der Waals surface area contributed by atoms with Gasteiger partial charge in [-0.3, -0.25) is 14.4 Å². The van der Waals surface area contributed by atoms with E-state index in [1.54, 1.807) is 13.8 Å². The van der Waals surface area contributed by atoms with E-state index in [4.69, 9.17) is 4.74 Å². The van der Waals surface area contributed by atoms with Crippen molar-refractivity contribution in [1.82, 2.24) is 10.2 Å². The zero-order chi connectivity index (χ0) is 16.0. The molecule has 0 spiro atoms. The summed E-state index contributed by atoms with van der Waals surface area (Å²) in [7, 11) is 0. The van der Waals surface area contributed by atoms with Crippen molar-refractivity contribution in [3.63, 3.8) is 0 Å². The Morgan fingerprint density at radius 3 is 2.10 bits per heavy atom. The smallest absolute Gasteiger partial charge is 0.325 e. The van der Waals surface area contributed by atoms with Crippen molar-refractivity contribution in [3.8, 4) is 0 Å². The summed E-state index contributed by atoms with van der Waals surface area (Å²) >= 11 is 0. The topological polar surface area (TPSA) is 75.7 Å². The molecule has 0 aromatic rings. The molecule has 116 valence electrons. The number of rotatable bonds is 7. The third-order valence-corrected chi connectivity index (χ3v) is 2.03. The molecule has 0 radical (unpaired) electrons. The Labute approximate surface area is 122 Å². The number of ether oxygens (including phenoxy) is 1. The number of likely N-dealkylation sites (N-methyl/N-ethyl adjacent to an activating group) is 2. The summed E-state index contributed by atoms with van der Waals surface area (Å²) in [6, 6.07) is 0. The first-order valence-electron chi connectivity index (χ1n) is 6.43. The van der Waals surface area contributed by atoms with E-state index in [0.717, 1.165) is 0 Å². The van der Waals surface area contributed by atoms with Crippen LogP contribution in [0.2, 0.25) is 0 Å². The molecule has 1 N–H and O–H groups in total. The highest BCUT2D eigenvalue weighted by molar-refractivity contribution is 5.89. The largest absolute Gasteiger partial charge is 0.465 e. The molecule has 20 heavy (non-hydrogen) atoms.